The average molecular weight is 1430 g/mol. The number of hydrogen-bond donors (Lipinski definition) is 0. The number of benzene rings is 15. The van der Waals surface area contributed by atoms with Gasteiger partial charge in [0.25, 0.3) is 6.71 Å². The Morgan fingerprint density at radius 3 is 0.927 bits per heavy atom. The van der Waals surface area contributed by atoms with Crippen molar-refractivity contribution in [3.05, 3.63) is 312 Å². The van der Waals surface area contributed by atoms with Crippen molar-refractivity contribution in [1.29, 1.82) is 0 Å². The Balaban J connectivity index is 1.01. The van der Waals surface area contributed by atoms with Crippen LogP contribution in [0.1, 0.15) is 158 Å². The van der Waals surface area contributed by atoms with Gasteiger partial charge in [0, 0.05) is 61.5 Å². The molecule has 0 atom stereocenters. The fourth-order valence-corrected chi connectivity index (χ4v) is 17.9. The molecule has 110 heavy (non-hydrogen) atoms. The lowest BCUT2D eigenvalue weighted by Crippen LogP contribution is -2.61. The molecule has 0 saturated heterocycles. The SMILES string of the molecule is CC(C)(C)c1cc(-c2ccccc2)c(N2c3cc(-c4cc5ccc6cc(C(C)(C)C)cc7ccc(c4)c5c67)ccc3B3c4ccc(-n5c6ccc(C(C)(C)C)cc6c6cc(C(C)(C)C)ccc65)cc4N(c4c(-c5ccccc5)cc(C(C)(C)C)cc4-c4ccccc4)c4cc(C(C)(C)C)cc2c43)c(-c2ccccc2)c1. The van der Waals surface area contributed by atoms with Crippen LogP contribution in [0.25, 0.3) is 115 Å². The summed E-state index contributed by atoms with van der Waals surface area (Å²) in [5.74, 6) is 0. The van der Waals surface area contributed by atoms with Gasteiger partial charge in [0.2, 0.25) is 0 Å². The van der Waals surface area contributed by atoms with Crippen LogP contribution in [-0.2, 0) is 32.5 Å². The van der Waals surface area contributed by atoms with Crippen LogP contribution in [0.15, 0.2) is 279 Å². The summed E-state index contributed by atoms with van der Waals surface area (Å²) in [6.45, 7) is 42.2. The van der Waals surface area contributed by atoms with E-state index < -0.39 is 0 Å². The van der Waals surface area contributed by atoms with Gasteiger partial charge in [0.1, 0.15) is 0 Å². The minimum Gasteiger partial charge on any atom is -0.310 e. The lowest BCUT2D eigenvalue weighted by molar-refractivity contribution is 0.590. The number of rotatable bonds is 8. The molecule has 4 heteroatoms. The van der Waals surface area contributed by atoms with Crippen LogP contribution in [0.2, 0.25) is 0 Å². The van der Waals surface area contributed by atoms with Gasteiger partial charge in [-0.3, -0.25) is 0 Å². The van der Waals surface area contributed by atoms with Crippen molar-refractivity contribution < 1.29 is 0 Å². The van der Waals surface area contributed by atoms with Crippen LogP contribution in [-0.4, -0.2) is 11.3 Å². The van der Waals surface area contributed by atoms with E-state index in [-0.39, 0.29) is 39.2 Å². The Labute approximate surface area is 652 Å². The van der Waals surface area contributed by atoms with Crippen LogP contribution in [0.3, 0.4) is 0 Å². The molecule has 2 aliphatic rings. The monoisotopic (exact) mass is 1430 g/mol. The summed E-state index contributed by atoms with van der Waals surface area (Å²) >= 11 is 0. The molecule has 3 heterocycles. The first-order chi connectivity index (χ1) is 52.3. The predicted molar refractivity (Wildman–Crippen MR) is 478 cm³/mol. The molecule has 15 aromatic carbocycles. The van der Waals surface area contributed by atoms with Gasteiger partial charge < -0.3 is 14.4 Å². The zero-order valence-electron chi connectivity index (χ0n) is 67.5. The summed E-state index contributed by atoms with van der Waals surface area (Å²) in [7, 11) is 0. The number of nitrogens with zero attached hydrogens (tertiary/aromatic N) is 3. The quantitative estimate of drug-likeness (QED) is 0.111. The first-order valence-corrected chi connectivity index (χ1v) is 39.8. The van der Waals surface area contributed by atoms with Crippen LogP contribution >= 0.6 is 0 Å². The second-order valence-corrected chi connectivity index (χ2v) is 37.9. The number of hydrogen-bond acceptors (Lipinski definition) is 2. The summed E-state index contributed by atoms with van der Waals surface area (Å²) in [6, 6.07) is 109. The Bertz CT molecular complexity index is 6110. The molecule has 0 fully saturated rings. The molecule has 0 amide bonds. The summed E-state index contributed by atoms with van der Waals surface area (Å²) in [5, 5.41) is 10.3. The molecule has 0 bridgehead atoms. The van der Waals surface area contributed by atoms with E-state index in [0.717, 1.165) is 28.4 Å². The molecular weight excluding hydrogens is 1330 g/mol. The highest BCUT2D eigenvalue weighted by molar-refractivity contribution is 7.00. The highest BCUT2D eigenvalue weighted by atomic mass is 15.2. The fraction of sp³-hybridized carbons (Fsp3) is 0.226. The van der Waals surface area contributed by atoms with Crippen molar-refractivity contribution in [3.63, 3.8) is 0 Å². The lowest BCUT2D eigenvalue weighted by Gasteiger charge is -2.47. The molecule has 0 spiro atoms. The normalized spacial score (nSPS) is 13.5. The predicted octanol–water partition coefficient (Wildman–Crippen LogP) is 27.9. The molecule has 0 N–H and O–H groups in total. The number of fused-ring (bicyclic) bond motifs is 7. The smallest absolute Gasteiger partial charge is 0.252 e. The zero-order chi connectivity index (χ0) is 76.6. The molecule has 1 aromatic heterocycles. The van der Waals surface area contributed by atoms with Crippen LogP contribution in [0.5, 0.6) is 0 Å². The van der Waals surface area contributed by atoms with Crippen molar-refractivity contribution >= 4 is 111 Å². The third-order valence-electron chi connectivity index (χ3n) is 24.1. The van der Waals surface area contributed by atoms with E-state index in [4.69, 9.17) is 0 Å². The summed E-state index contributed by atoms with van der Waals surface area (Å²) in [6.07, 6.45) is 0. The standard InChI is InChI=1S/C106H100BN3/c1-101(2,3)75-44-49-90-86(56-75)87-57-76(102(4,5)6)45-50-91(87)108(90)81-46-48-89-93(64-81)110(100-84(67-35-27-21-28-36-67)60-79(105(13,14)15)61-85(100)68-37-29-22-30-38-68)95-63-80(106(16,17)18)62-94-98(95)107(89)88-47-43-69(74-51-70-39-41-72-53-77(103(7,8)9)54-73-42-40-71(52-74)96(70)97(72)73)55-92(88)109(94)99-82(65-31-23-19-24-32-65)58-78(104(10,11)12)59-83(99)66-33-25-20-26-34-66/h19-64H,1-18H3. The van der Waals surface area contributed by atoms with Crippen molar-refractivity contribution in [1.82, 2.24) is 4.57 Å². The van der Waals surface area contributed by atoms with E-state index in [1.165, 1.54) is 171 Å². The van der Waals surface area contributed by atoms with Crippen molar-refractivity contribution in [2.75, 3.05) is 9.80 Å². The van der Waals surface area contributed by atoms with Gasteiger partial charge in [0.15, 0.2) is 0 Å². The Kier molecular flexibility index (Phi) is 16.1. The second kappa shape index (κ2) is 25.2. The molecule has 0 unspecified atom stereocenters. The number of anilines is 6. The first kappa shape index (κ1) is 70.5. The van der Waals surface area contributed by atoms with Gasteiger partial charge in [-0.25, -0.2) is 0 Å². The Morgan fingerprint density at radius 2 is 0.564 bits per heavy atom. The minimum absolute atomic E-state index is 0.0202. The van der Waals surface area contributed by atoms with E-state index >= 15 is 0 Å². The molecule has 2 aliphatic heterocycles. The van der Waals surface area contributed by atoms with E-state index in [2.05, 4.69) is 418 Å². The topological polar surface area (TPSA) is 11.4 Å². The molecule has 3 nitrogen and oxygen atoms in total. The molecule has 0 radical (unpaired) electrons. The molecule has 18 rings (SSSR count). The van der Waals surface area contributed by atoms with Crippen molar-refractivity contribution in [3.8, 4) is 61.3 Å². The lowest BCUT2D eigenvalue weighted by atomic mass is 9.33. The van der Waals surface area contributed by atoms with Gasteiger partial charge in [-0.2, -0.15) is 0 Å². The molecule has 542 valence electrons. The largest absolute Gasteiger partial charge is 0.310 e. The highest BCUT2D eigenvalue weighted by Crippen LogP contribution is 2.56. The van der Waals surface area contributed by atoms with Crippen molar-refractivity contribution in [2.45, 2.75) is 157 Å². The molecule has 0 aliphatic carbocycles. The molecule has 16 aromatic rings. The van der Waals surface area contributed by atoms with Gasteiger partial charge in [-0.1, -0.05) is 313 Å². The Morgan fingerprint density at radius 1 is 0.236 bits per heavy atom. The van der Waals surface area contributed by atoms with Crippen LogP contribution in [0.4, 0.5) is 34.1 Å². The molecule has 0 saturated carbocycles. The van der Waals surface area contributed by atoms with Gasteiger partial charge in [-0.05, 0) is 239 Å². The van der Waals surface area contributed by atoms with Crippen LogP contribution < -0.4 is 26.2 Å². The second-order valence-electron chi connectivity index (χ2n) is 37.9. The Hall–Kier alpha value is -11.2. The maximum absolute atomic E-state index is 2.76. The van der Waals surface area contributed by atoms with E-state index in [9.17, 15) is 0 Å². The number of aromatic nitrogens is 1. The van der Waals surface area contributed by atoms with Gasteiger partial charge in [-0.15, -0.1) is 0 Å². The zero-order valence-corrected chi connectivity index (χ0v) is 67.5. The maximum atomic E-state index is 2.76. The summed E-state index contributed by atoms with van der Waals surface area (Å²) in [4.78, 5) is 5.51. The van der Waals surface area contributed by atoms with E-state index in [1.807, 2.05) is 0 Å². The van der Waals surface area contributed by atoms with Gasteiger partial charge >= 0.3 is 0 Å². The third-order valence-corrected chi connectivity index (χ3v) is 24.1. The maximum Gasteiger partial charge on any atom is 0.252 e. The van der Waals surface area contributed by atoms with Gasteiger partial charge in [0.05, 0.1) is 22.4 Å². The first-order valence-electron chi connectivity index (χ1n) is 39.8. The molecular formula is C106H100BN3. The fourth-order valence-electron chi connectivity index (χ4n) is 17.9. The van der Waals surface area contributed by atoms with E-state index in [1.54, 1.807) is 0 Å². The average Bonchev–Trinajstić information content (AvgIpc) is 0.739. The van der Waals surface area contributed by atoms with Crippen molar-refractivity contribution in [2.24, 2.45) is 0 Å². The minimum atomic E-state index is -0.330. The van der Waals surface area contributed by atoms with Crippen LogP contribution in [0, 0.1) is 0 Å². The summed E-state index contributed by atoms with van der Waals surface area (Å²) in [5.41, 5.74) is 33.0. The third kappa shape index (κ3) is 11.8. The highest BCUT2D eigenvalue weighted by Gasteiger charge is 2.47. The summed E-state index contributed by atoms with van der Waals surface area (Å²) < 4.78 is 2.58. The van der Waals surface area contributed by atoms with E-state index in [0.29, 0.717) is 0 Å².